The lowest BCUT2D eigenvalue weighted by Gasteiger charge is -2.14. The predicted octanol–water partition coefficient (Wildman–Crippen LogP) is 3.65. The number of hydrogen-bond donors (Lipinski definition) is 2. The molecule has 0 amide bonds. The van der Waals surface area contributed by atoms with Gasteiger partial charge in [0.1, 0.15) is 11.5 Å². The fourth-order valence-corrected chi connectivity index (χ4v) is 3.16. The molecule has 6 nitrogen and oxygen atoms in total. The van der Waals surface area contributed by atoms with E-state index < -0.39 is 0 Å². The van der Waals surface area contributed by atoms with Crippen molar-refractivity contribution in [3.05, 3.63) is 54.0 Å². The summed E-state index contributed by atoms with van der Waals surface area (Å²) in [6.07, 6.45) is 4.54. The Morgan fingerprint density at radius 2 is 2.03 bits per heavy atom. The van der Waals surface area contributed by atoms with Crippen LogP contribution in [0.15, 0.2) is 52.1 Å². The van der Waals surface area contributed by atoms with Gasteiger partial charge >= 0.3 is 0 Å². The van der Waals surface area contributed by atoms with Crippen LogP contribution >= 0.6 is 24.0 Å². The summed E-state index contributed by atoms with van der Waals surface area (Å²) in [6.45, 7) is 6.72. The van der Waals surface area contributed by atoms with Gasteiger partial charge in [-0.05, 0) is 49.6 Å². The van der Waals surface area contributed by atoms with Crippen molar-refractivity contribution >= 4 is 29.9 Å². The summed E-state index contributed by atoms with van der Waals surface area (Å²) >= 11 is 0. The summed E-state index contributed by atoms with van der Waals surface area (Å²) in [7, 11) is 0. The Balaban J connectivity index is 0.00000300. The van der Waals surface area contributed by atoms with E-state index >= 15 is 0 Å². The molecule has 2 N–H and O–H groups in total. The van der Waals surface area contributed by atoms with Gasteiger partial charge in [0.2, 0.25) is 0 Å². The lowest BCUT2D eigenvalue weighted by molar-refractivity contribution is 0.187. The van der Waals surface area contributed by atoms with Gasteiger partial charge in [-0.1, -0.05) is 12.1 Å². The van der Waals surface area contributed by atoms with Crippen molar-refractivity contribution < 1.29 is 13.9 Å². The normalized spacial score (nSPS) is 16.3. The van der Waals surface area contributed by atoms with E-state index in [1.165, 1.54) is 5.56 Å². The second kappa shape index (κ2) is 13.5. The Kier molecular flexibility index (Phi) is 10.9. The van der Waals surface area contributed by atoms with Crippen molar-refractivity contribution in [3.8, 4) is 5.75 Å². The molecule has 0 aliphatic carbocycles. The standard InChI is InChI=1S/C22H31N3O3.HI/c1-2-27-21-6-3-5-18(15-21)8-11-23-22(25-16-19-10-14-26-17-19)24-12-9-20-7-4-13-28-20;/h3-7,13,15,19H,2,8-12,14,16-17H2,1H3,(H2,23,24,25);1H. The summed E-state index contributed by atoms with van der Waals surface area (Å²) < 4.78 is 16.4. The molecule has 1 aliphatic rings. The first-order valence-electron chi connectivity index (χ1n) is 10.2. The lowest BCUT2D eigenvalue weighted by Crippen LogP contribution is -2.39. The summed E-state index contributed by atoms with van der Waals surface area (Å²) in [5, 5.41) is 6.86. The summed E-state index contributed by atoms with van der Waals surface area (Å²) in [5.74, 6) is 3.27. The zero-order valence-electron chi connectivity index (χ0n) is 17.1. The zero-order valence-corrected chi connectivity index (χ0v) is 19.4. The first-order valence-corrected chi connectivity index (χ1v) is 10.2. The Hall–Kier alpha value is -1.74. The molecular weight excluding hydrogens is 481 g/mol. The quantitative estimate of drug-likeness (QED) is 0.289. The zero-order chi connectivity index (χ0) is 19.4. The van der Waals surface area contributed by atoms with Crippen LogP contribution in [0.25, 0.3) is 0 Å². The maximum atomic E-state index is 5.58. The van der Waals surface area contributed by atoms with Gasteiger partial charge < -0.3 is 24.5 Å². The van der Waals surface area contributed by atoms with E-state index in [0.29, 0.717) is 12.5 Å². The first kappa shape index (κ1) is 23.5. The van der Waals surface area contributed by atoms with Gasteiger partial charge in [-0.25, -0.2) is 0 Å². The number of halogens is 1. The van der Waals surface area contributed by atoms with E-state index in [4.69, 9.17) is 18.9 Å². The smallest absolute Gasteiger partial charge is 0.191 e. The highest BCUT2D eigenvalue weighted by atomic mass is 127. The maximum Gasteiger partial charge on any atom is 0.191 e. The fraction of sp³-hybridized carbons (Fsp3) is 0.500. The molecule has 0 saturated carbocycles. The fourth-order valence-electron chi connectivity index (χ4n) is 3.16. The summed E-state index contributed by atoms with van der Waals surface area (Å²) in [4.78, 5) is 4.76. The van der Waals surface area contributed by atoms with E-state index in [1.54, 1.807) is 6.26 Å². The maximum absolute atomic E-state index is 5.58. The van der Waals surface area contributed by atoms with E-state index in [9.17, 15) is 0 Å². The number of nitrogens with one attached hydrogen (secondary N) is 2. The van der Waals surface area contributed by atoms with Crippen molar-refractivity contribution in [2.24, 2.45) is 10.9 Å². The van der Waals surface area contributed by atoms with Crippen molar-refractivity contribution in [1.82, 2.24) is 10.6 Å². The molecule has 0 spiro atoms. The van der Waals surface area contributed by atoms with Gasteiger partial charge in [0.05, 0.1) is 19.5 Å². The van der Waals surface area contributed by atoms with Crippen molar-refractivity contribution in [1.29, 1.82) is 0 Å². The van der Waals surface area contributed by atoms with Crippen LogP contribution in [0.1, 0.15) is 24.7 Å². The van der Waals surface area contributed by atoms with Crippen LogP contribution in [0, 0.1) is 5.92 Å². The minimum atomic E-state index is 0. The van der Waals surface area contributed by atoms with Crippen LogP contribution in [0.5, 0.6) is 5.75 Å². The van der Waals surface area contributed by atoms with Gasteiger partial charge in [0.25, 0.3) is 0 Å². The van der Waals surface area contributed by atoms with Crippen LogP contribution in [0.2, 0.25) is 0 Å². The van der Waals surface area contributed by atoms with Crippen LogP contribution in [-0.2, 0) is 17.6 Å². The monoisotopic (exact) mass is 513 g/mol. The van der Waals surface area contributed by atoms with Gasteiger partial charge in [0.15, 0.2) is 5.96 Å². The molecule has 1 saturated heterocycles. The molecule has 0 bridgehead atoms. The Morgan fingerprint density at radius 3 is 2.76 bits per heavy atom. The SMILES string of the molecule is CCOc1cccc(CCNC(=NCC2CCOC2)NCCc2ccco2)c1.I. The molecule has 1 aliphatic heterocycles. The molecule has 7 heteroatoms. The second-order valence-electron chi connectivity index (χ2n) is 6.93. The van der Waals surface area contributed by atoms with Gasteiger partial charge in [-0.3, -0.25) is 4.99 Å². The Labute approximate surface area is 190 Å². The van der Waals surface area contributed by atoms with Crippen LogP contribution in [0.3, 0.4) is 0 Å². The van der Waals surface area contributed by atoms with Crippen molar-refractivity contribution in [2.45, 2.75) is 26.2 Å². The first-order chi connectivity index (χ1) is 13.8. The topological polar surface area (TPSA) is 68.0 Å². The highest BCUT2D eigenvalue weighted by molar-refractivity contribution is 14.0. The summed E-state index contributed by atoms with van der Waals surface area (Å²) in [6, 6.07) is 12.2. The van der Waals surface area contributed by atoms with Gasteiger partial charge in [-0.2, -0.15) is 0 Å². The molecular formula is C22H32IN3O3. The highest BCUT2D eigenvalue weighted by Crippen LogP contribution is 2.14. The largest absolute Gasteiger partial charge is 0.494 e. The van der Waals surface area contributed by atoms with Crippen LogP contribution < -0.4 is 15.4 Å². The van der Waals surface area contributed by atoms with E-state index in [2.05, 4.69) is 22.8 Å². The number of aliphatic imine (C=N–C) groups is 1. The Morgan fingerprint density at radius 1 is 1.17 bits per heavy atom. The minimum absolute atomic E-state index is 0. The summed E-state index contributed by atoms with van der Waals surface area (Å²) in [5.41, 5.74) is 1.25. The number of furan rings is 1. The van der Waals surface area contributed by atoms with Crippen molar-refractivity contribution in [2.75, 3.05) is 39.5 Å². The average molecular weight is 513 g/mol. The van der Waals surface area contributed by atoms with Gasteiger partial charge in [0, 0.05) is 38.6 Å². The third-order valence-electron chi connectivity index (χ3n) is 4.69. The number of hydrogen-bond acceptors (Lipinski definition) is 4. The second-order valence-corrected chi connectivity index (χ2v) is 6.93. The number of guanidine groups is 1. The Bertz CT molecular complexity index is 716. The van der Waals surface area contributed by atoms with E-state index in [1.807, 2.05) is 31.2 Å². The molecule has 1 fully saturated rings. The number of rotatable bonds is 10. The molecule has 3 rings (SSSR count). The van der Waals surface area contributed by atoms with Crippen LogP contribution in [0.4, 0.5) is 0 Å². The van der Waals surface area contributed by atoms with Crippen molar-refractivity contribution in [3.63, 3.8) is 0 Å². The van der Waals surface area contributed by atoms with E-state index in [0.717, 1.165) is 69.6 Å². The molecule has 1 aromatic carbocycles. The van der Waals surface area contributed by atoms with E-state index in [-0.39, 0.29) is 24.0 Å². The van der Waals surface area contributed by atoms with Crippen LogP contribution in [-0.4, -0.2) is 45.4 Å². The third kappa shape index (κ3) is 8.65. The highest BCUT2D eigenvalue weighted by Gasteiger charge is 2.15. The predicted molar refractivity (Wildman–Crippen MR) is 126 cm³/mol. The molecule has 1 atom stereocenters. The lowest BCUT2D eigenvalue weighted by atomic mass is 10.1. The number of ether oxygens (including phenoxy) is 2. The molecule has 2 aromatic rings. The minimum Gasteiger partial charge on any atom is -0.494 e. The number of nitrogens with zero attached hydrogens (tertiary/aromatic N) is 1. The third-order valence-corrected chi connectivity index (χ3v) is 4.69. The number of benzene rings is 1. The average Bonchev–Trinajstić information content (AvgIpc) is 3.40. The molecule has 0 radical (unpaired) electrons. The molecule has 160 valence electrons. The van der Waals surface area contributed by atoms with Gasteiger partial charge in [-0.15, -0.1) is 24.0 Å². The molecule has 1 unspecified atom stereocenters. The molecule has 29 heavy (non-hydrogen) atoms. The molecule has 2 heterocycles. The molecule has 1 aromatic heterocycles.